The summed E-state index contributed by atoms with van der Waals surface area (Å²) in [5.41, 5.74) is 3.54. The Morgan fingerprint density at radius 3 is 2.53 bits per heavy atom. The van der Waals surface area contributed by atoms with E-state index in [2.05, 4.69) is 27.8 Å². The van der Waals surface area contributed by atoms with Crippen molar-refractivity contribution in [1.29, 1.82) is 0 Å². The van der Waals surface area contributed by atoms with Gasteiger partial charge in [-0.15, -0.1) is 5.10 Å². The molecule has 0 radical (unpaired) electrons. The molecule has 1 atom stereocenters. The maximum Gasteiger partial charge on any atom is 0.255 e. The van der Waals surface area contributed by atoms with Crippen molar-refractivity contribution in [1.82, 2.24) is 14.8 Å². The molecule has 0 bridgehead atoms. The maximum absolute atomic E-state index is 14.2. The molecule has 0 saturated heterocycles. The molecule has 6 nitrogen and oxygen atoms in total. The Kier molecular flexibility index (Phi) is 6.14. The van der Waals surface area contributed by atoms with E-state index >= 15 is 0 Å². The van der Waals surface area contributed by atoms with E-state index in [4.69, 9.17) is 5.10 Å². The number of anilines is 2. The molecule has 0 saturated carbocycles. The van der Waals surface area contributed by atoms with E-state index in [1.807, 2.05) is 55.5 Å². The number of benzene rings is 3. The first-order valence-corrected chi connectivity index (χ1v) is 11.8. The Balaban J connectivity index is 1.50. The van der Waals surface area contributed by atoms with Crippen molar-refractivity contribution in [3.63, 3.8) is 0 Å². The minimum Gasteiger partial charge on any atom is -0.328 e. The van der Waals surface area contributed by atoms with Gasteiger partial charge in [-0.3, -0.25) is 4.79 Å². The summed E-state index contributed by atoms with van der Waals surface area (Å²) in [7, 11) is 0. The summed E-state index contributed by atoms with van der Waals surface area (Å²) in [6, 6.07) is 24.9. The Morgan fingerprint density at radius 1 is 1.06 bits per heavy atom. The number of nitrogens with zero attached hydrogens (tertiary/aromatic N) is 3. The van der Waals surface area contributed by atoms with Crippen LogP contribution in [0.5, 0.6) is 0 Å². The molecule has 0 fully saturated rings. The van der Waals surface area contributed by atoms with Gasteiger partial charge in [0.25, 0.3) is 5.91 Å². The normalized spacial score (nSPS) is 14.9. The summed E-state index contributed by atoms with van der Waals surface area (Å²) in [6.07, 6.45) is 0. The number of carbonyl (C=O) groups excluding carboxylic acids is 1. The molecule has 8 heteroatoms. The third-order valence-corrected chi connectivity index (χ3v) is 6.39. The fourth-order valence-corrected chi connectivity index (χ4v) is 4.70. The van der Waals surface area contributed by atoms with Gasteiger partial charge in [0, 0.05) is 17.1 Å². The highest BCUT2D eigenvalue weighted by atomic mass is 32.2. The van der Waals surface area contributed by atoms with Crippen molar-refractivity contribution in [2.45, 2.75) is 23.9 Å². The third-order valence-electron chi connectivity index (χ3n) is 5.48. The standard InChI is InChI=1S/C26H22FN5OS/c1-17-22(24(33)29-21-13-6-3-7-14-21)23(19-11-8-12-20(27)15-19)32-25(28-17)30-26(31-32)34-16-18-9-4-2-5-10-18/h2-15,23H,16H2,1H3,(H,29,33)(H,28,30,31). The molecule has 4 aromatic rings. The highest BCUT2D eigenvalue weighted by Crippen LogP contribution is 2.37. The lowest BCUT2D eigenvalue weighted by Crippen LogP contribution is -2.31. The van der Waals surface area contributed by atoms with E-state index < -0.39 is 6.04 Å². The molecular formula is C26H22FN5OS. The van der Waals surface area contributed by atoms with Crippen LogP contribution in [-0.4, -0.2) is 20.7 Å². The van der Waals surface area contributed by atoms with Crippen LogP contribution in [0.4, 0.5) is 16.0 Å². The van der Waals surface area contributed by atoms with Crippen molar-refractivity contribution < 1.29 is 9.18 Å². The highest BCUT2D eigenvalue weighted by Gasteiger charge is 2.34. The number of thioether (sulfide) groups is 1. The minimum atomic E-state index is -0.630. The molecule has 170 valence electrons. The summed E-state index contributed by atoms with van der Waals surface area (Å²) in [4.78, 5) is 18.0. The van der Waals surface area contributed by atoms with Crippen LogP contribution < -0.4 is 10.6 Å². The Bertz CT molecular complexity index is 1350. The number of halogens is 1. The van der Waals surface area contributed by atoms with Crippen molar-refractivity contribution in [3.05, 3.63) is 113 Å². The van der Waals surface area contributed by atoms with E-state index in [9.17, 15) is 9.18 Å². The summed E-state index contributed by atoms with van der Waals surface area (Å²) in [5, 5.41) is 11.4. The van der Waals surface area contributed by atoms with Gasteiger partial charge in [-0.1, -0.05) is 72.4 Å². The SMILES string of the molecule is CC1=C(C(=O)Nc2ccccc2)C(c2cccc(F)c2)n2nc(SCc3ccccc3)nc2N1. The van der Waals surface area contributed by atoms with Crippen molar-refractivity contribution in [3.8, 4) is 0 Å². The maximum atomic E-state index is 14.2. The first-order valence-electron chi connectivity index (χ1n) is 10.8. The monoisotopic (exact) mass is 471 g/mol. The minimum absolute atomic E-state index is 0.287. The third kappa shape index (κ3) is 4.58. The summed E-state index contributed by atoms with van der Waals surface area (Å²) in [5.74, 6) is 0.559. The average Bonchev–Trinajstić information content (AvgIpc) is 3.25. The predicted molar refractivity (Wildman–Crippen MR) is 132 cm³/mol. The number of rotatable bonds is 6. The second-order valence-corrected chi connectivity index (χ2v) is 8.82. The lowest BCUT2D eigenvalue weighted by molar-refractivity contribution is -0.113. The highest BCUT2D eigenvalue weighted by molar-refractivity contribution is 7.98. The number of nitrogens with one attached hydrogen (secondary N) is 2. The van der Waals surface area contributed by atoms with Gasteiger partial charge >= 0.3 is 0 Å². The van der Waals surface area contributed by atoms with E-state index in [0.717, 1.165) is 5.56 Å². The van der Waals surface area contributed by atoms with Crippen LogP contribution in [0.25, 0.3) is 0 Å². The smallest absolute Gasteiger partial charge is 0.255 e. The van der Waals surface area contributed by atoms with Crippen LogP contribution in [0.2, 0.25) is 0 Å². The van der Waals surface area contributed by atoms with Crippen molar-refractivity contribution in [2.75, 3.05) is 10.6 Å². The van der Waals surface area contributed by atoms with Crippen LogP contribution in [0.15, 0.2) is 101 Å². The predicted octanol–water partition coefficient (Wildman–Crippen LogP) is 5.64. The van der Waals surface area contributed by atoms with Gasteiger partial charge in [0.15, 0.2) is 0 Å². The number of allylic oxidation sites excluding steroid dienone is 1. The number of amides is 1. The Morgan fingerprint density at radius 2 is 1.79 bits per heavy atom. The zero-order valence-electron chi connectivity index (χ0n) is 18.4. The first kappa shape index (κ1) is 21.9. The second kappa shape index (κ2) is 9.52. The summed E-state index contributed by atoms with van der Waals surface area (Å²) in [6.45, 7) is 1.82. The lowest BCUT2D eigenvalue weighted by atomic mass is 9.95. The van der Waals surface area contributed by atoms with Crippen LogP contribution >= 0.6 is 11.8 Å². The fraction of sp³-hybridized carbons (Fsp3) is 0.115. The Labute approximate surface area is 200 Å². The quantitative estimate of drug-likeness (QED) is 0.356. The molecule has 1 aliphatic rings. The largest absolute Gasteiger partial charge is 0.328 e. The number of aromatic nitrogens is 3. The molecular weight excluding hydrogens is 449 g/mol. The topological polar surface area (TPSA) is 71.8 Å². The first-order chi connectivity index (χ1) is 16.6. The van der Waals surface area contributed by atoms with Gasteiger partial charge in [-0.05, 0) is 42.3 Å². The number of hydrogen-bond acceptors (Lipinski definition) is 5. The summed E-state index contributed by atoms with van der Waals surface area (Å²) >= 11 is 1.50. The summed E-state index contributed by atoms with van der Waals surface area (Å²) < 4.78 is 15.9. The van der Waals surface area contributed by atoms with Crippen LogP contribution in [-0.2, 0) is 10.5 Å². The van der Waals surface area contributed by atoms with Gasteiger partial charge < -0.3 is 10.6 Å². The van der Waals surface area contributed by atoms with E-state index in [1.54, 1.807) is 16.8 Å². The van der Waals surface area contributed by atoms with Crippen LogP contribution in [0.3, 0.4) is 0 Å². The molecule has 1 amide bonds. The second-order valence-electron chi connectivity index (χ2n) is 7.88. The number of fused-ring (bicyclic) bond motifs is 1. The zero-order chi connectivity index (χ0) is 23.5. The zero-order valence-corrected chi connectivity index (χ0v) is 19.2. The molecule has 1 unspecified atom stereocenters. The van der Waals surface area contributed by atoms with Crippen LogP contribution in [0, 0.1) is 5.82 Å². The number of para-hydroxylation sites is 1. The van der Waals surface area contributed by atoms with Gasteiger partial charge in [0.2, 0.25) is 11.1 Å². The van der Waals surface area contributed by atoms with Gasteiger partial charge in [-0.2, -0.15) is 4.98 Å². The number of hydrogen-bond donors (Lipinski definition) is 2. The van der Waals surface area contributed by atoms with Crippen LogP contribution in [0.1, 0.15) is 24.1 Å². The Hall–Kier alpha value is -3.91. The van der Waals surface area contributed by atoms with E-state index in [1.165, 1.54) is 23.9 Å². The van der Waals surface area contributed by atoms with Gasteiger partial charge in [-0.25, -0.2) is 9.07 Å². The molecule has 2 N–H and O–H groups in total. The molecule has 3 aromatic carbocycles. The molecule has 0 aliphatic carbocycles. The van der Waals surface area contributed by atoms with E-state index in [-0.39, 0.29) is 11.7 Å². The molecule has 1 aliphatic heterocycles. The molecule has 5 rings (SSSR count). The molecule has 0 spiro atoms. The number of carbonyl (C=O) groups is 1. The van der Waals surface area contributed by atoms with Gasteiger partial charge in [0.05, 0.1) is 5.57 Å². The van der Waals surface area contributed by atoms with Gasteiger partial charge in [0.1, 0.15) is 11.9 Å². The lowest BCUT2D eigenvalue weighted by Gasteiger charge is -2.28. The molecule has 2 heterocycles. The van der Waals surface area contributed by atoms with E-state index in [0.29, 0.717) is 39.4 Å². The van der Waals surface area contributed by atoms with Crippen molar-refractivity contribution in [2.24, 2.45) is 0 Å². The average molecular weight is 472 g/mol. The molecule has 34 heavy (non-hydrogen) atoms. The molecule has 1 aromatic heterocycles. The van der Waals surface area contributed by atoms with Crippen molar-refractivity contribution >= 4 is 29.3 Å². The fourth-order valence-electron chi connectivity index (χ4n) is 3.91.